The number of fused-ring (bicyclic) bond motifs is 1. The fourth-order valence-corrected chi connectivity index (χ4v) is 3.64. The minimum absolute atomic E-state index is 0.0348. The molecule has 0 saturated heterocycles. The van der Waals surface area contributed by atoms with Gasteiger partial charge in [0.25, 0.3) is 5.91 Å². The standard InChI is InChI=1S/C23H20FN3O4/c1-2-31-21(28)14-26-12-16(17-8-4-6-10-20(17)26)11-19-22(29)27(23(30)25-19)13-15-7-3-5-9-18(15)24/h3-10,12H,2,11,13-14H2,1H3. The van der Waals surface area contributed by atoms with Crippen LogP contribution in [0.1, 0.15) is 18.1 Å². The zero-order chi connectivity index (χ0) is 22.0. The lowest BCUT2D eigenvalue weighted by atomic mass is 10.1. The number of carbonyl (C=O) groups is 3. The van der Waals surface area contributed by atoms with Crippen LogP contribution in [-0.4, -0.2) is 39.7 Å². The van der Waals surface area contributed by atoms with Crippen LogP contribution in [-0.2, 0) is 33.8 Å². The lowest BCUT2D eigenvalue weighted by Crippen LogP contribution is -2.33. The molecular weight excluding hydrogens is 401 g/mol. The number of carbonyl (C=O) groups excluding carboxylic acids is 3. The van der Waals surface area contributed by atoms with Crippen LogP contribution in [0.5, 0.6) is 0 Å². The van der Waals surface area contributed by atoms with Crippen molar-refractivity contribution in [2.75, 3.05) is 6.61 Å². The van der Waals surface area contributed by atoms with Crippen LogP contribution in [0.15, 0.2) is 59.7 Å². The van der Waals surface area contributed by atoms with Gasteiger partial charge in [-0.3, -0.25) is 14.5 Å². The Morgan fingerprint density at radius 3 is 2.58 bits per heavy atom. The van der Waals surface area contributed by atoms with Crippen molar-refractivity contribution in [3.05, 3.63) is 71.7 Å². The maximum absolute atomic E-state index is 14.0. The molecule has 0 spiro atoms. The number of hydrogen-bond acceptors (Lipinski definition) is 4. The Hall–Kier alpha value is -3.81. The van der Waals surface area contributed by atoms with Gasteiger partial charge >= 0.3 is 12.0 Å². The first-order valence-corrected chi connectivity index (χ1v) is 9.87. The third-order valence-electron chi connectivity index (χ3n) is 5.07. The van der Waals surface area contributed by atoms with E-state index in [1.807, 2.05) is 24.3 Å². The van der Waals surface area contributed by atoms with E-state index >= 15 is 0 Å². The second-order valence-corrected chi connectivity index (χ2v) is 7.10. The van der Waals surface area contributed by atoms with Gasteiger partial charge in [0, 0.05) is 29.1 Å². The highest BCUT2D eigenvalue weighted by Crippen LogP contribution is 2.24. The van der Waals surface area contributed by atoms with E-state index in [9.17, 15) is 18.8 Å². The van der Waals surface area contributed by atoms with E-state index in [2.05, 4.69) is 4.99 Å². The van der Waals surface area contributed by atoms with Gasteiger partial charge < -0.3 is 9.30 Å². The van der Waals surface area contributed by atoms with Crippen LogP contribution in [0.4, 0.5) is 9.18 Å². The minimum Gasteiger partial charge on any atom is -0.465 e. The number of esters is 1. The lowest BCUT2D eigenvalue weighted by molar-refractivity contribution is -0.143. The summed E-state index contributed by atoms with van der Waals surface area (Å²) < 4.78 is 20.7. The fraction of sp³-hybridized carbons (Fsp3) is 0.217. The molecule has 158 valence electrons. The van der Waals surface area contributed by atoms with E-state index in [1.165, 1.54) is 12.1 Å². The van der Waals surface area contributed by atoms with E-state index in [0.29, 0.717) is 0 Å². The smallest absolute Gasteiger partial charge is 0.351 e. The van der Waals surface area contributed by atoms with Crippen LogP contribution in [0.25, 0.3) is 10.9 Å². The molecule has 1 aromatic heterocycles. The summed E-state index contributed by atoms with van der Waals surface area (Å²) in [5.74, 6) is -1.40. The maximum Gasteiger partial charge on any atom is 0.351 e. The molecule has 31 heavy (non-hydrogen) atoms. The number of halogens is 1. The van der Waals surface area contributed by atoms with Crippen LogP contribution < -0.4 is 0 Å². The average molecular weight is 421 g/mol. The molecule has 3 amide bonds. The number of imide groups is 1. The van der Waals surface area contributed by atoms with Crippen LogP contribution >= 0.6 is 0 Å². The first-order chi connectivity index (χ1) is 15.0. The molecule has 0 aliphatic carbocycles. The molecule has 0 atom stereocenters. The molecule has 1 aliphatic rings. The molecule has 1 aliphatic heterocycles. The molecule has 8 heteroatoms. The SMILES string of the molecule is CCOC(=O)Cn1cc(CC2=NC(=O)N(Cc3ccccc3F)C2=O)c2ccccc21. The molecule has 3 aromatic rings. The number of aliphatic imine (C=N–C) groups is 1. The molecule has 4 rings (SSSR count). The summed E-state index contributed by atoms with van der Waals surface area (Å²) in [6.45, 7) is 1.89. The van der Waals surface area contributed by atoms with E-state index in [4.69, 9.17) is 4.74 Å². The molecule has 7 nitrogen and oxygen atoms in total. The number of para-hydroxylation sites is 1. The second kappa shape index (κ2) is 8.51. The quantitative estimate of drug-likeness (QED) is 0.547. The normalized spacial score (nSPS) is 13.7. The van der Waals surface area contributed by atoms with E-state index in [0.717, 1.165) is 21.4 Å². The Bertz CT molecular complexity index is 1210. The Balaban J connectivity index is 1.57. The zero-order valence-corrected chi connectivity index (χ0v) is 16.9. The monoisotopic (exact) mass is 421 g/mol. The number of nitrogens with zero attached hydrogens (tertiary/aromatic N) is 3. The predicted octanol–water partition coefficient (Wildman–Crippen LogP) is 3.49. The second-order valence-electron chi connectivity index (χ2n) is 7.10. The summed E-state index contributed by atoms with van der Waals surface area (Å²) in [5.41, 5.74) is 1.89. The van der Waals surface area contributed by atoms with Gasteiger partial charge in [0.1, 0.15) is 18.1 Å². The van der Waals surface area contributed by atoms with Crippen LogP contribution in [0.3, 0.4) is 0 Å². The topological polar surface area (TPSA) is 81.0 Å². The number of ether oxygens (including phenoxy) is 1. The third kappa shape index (κ3) is 4.09. The summed E-state index contributed by atoms with van der Waals surface area (Å²) in [5, 5.41) is 0.849. The van der Waals surface area contributed by atoms with Crippen LogP contribution in [0.2, 0.25) is 0 Å². The number of amides is 3. The van der Waals surface area contributed by atoms with Crippen molar-refractivity contribution in [3.63, 3.8) is 0 Å². The minimum atomic E-state index is -0.710. The molecule has 0 bridgehead atoms. The summed E-state index contributed by atoms with van der Waals surface area (Å²) in [4.78, 5) is 41.9. The number of urea groups is 1. The summed E-state index contributed by atoms with van der Waals surface area (Å²) in [6.07, 6.45) is 1.88. The number of aromatic nitrogens is 1. The molecule has 0 fully saturated rings. The van der Waals surface area contributed by atoms with Gasteiger partial charge in [-0.15, -0.1) is 0 Å². The van der Waals surface area contributed by atoms with E-state index < -0.39 is 17.8 Å². The van der Waals surface area contributed by atoms with Crippen molar-refractivity contribution >= 4 is 34.5 Å². The lowest BCUT2D eigenvalue weighted by Gasteiger charge is -2.13. The summed E-state index contributed by atoms with van der Waals surface area (Å²) in [7, 11) is 0. The summed E-state index contributed by atoms with van der Waals surface area (Å²) >= 11 is 0. The van der Waals surface area contributed by atoms with Gasteiger partial charge in [-0.1, -0.05) is 36.4 Å². The molecular formula is C23H20FN3O4. The number of benzene rings is 2. The highest BCUT2D eigenvalue weighted by Gasteiger charge is 2.34. The van der Waals surface area contributed by atoms with Crippen molar-refractivity contribution in [3.8, 4) is 0 Å². The predicted molar refractivity (Wildman–Crippen MR) is 112 cm³/mol. The van der Waals surface area contributed by atoms with E-state index in [1.54, 1.807) is 29.8 Å². The Labute approximate surface area is 177 Å². The average Bonchev–Trinajstić information content (AvgIpc) is 3.22. The first-order valence-electron chi connectivity index (χ1n) is 9.87. The van der Waals surface area contributed by atoms with Gasteiger partial charge in [0.2, 0.25) is 0 Å². The van der Waals surface area contributed by atoms with Gasteiger partial charge in [0.05, 0.1) is 13.2 Å². The molecule has 0 saturated carbocycles. The summed E-state index contributed by atoms with van der Waals surface area (Å²) in [6, 6.07) is 12.7. The largest absolute Gasteiger partial charge is 0.465 e. The third-order valence-corrected chi connectivity index (χ3v) is 5.07. The molecule has 0 unspecified atom stereocenters. The van der Waals surface area contributed by atoms with Gasteiger partial charge in [-0.25, -0.2) is 9.18 Å². The van der Waals surface area contributed by atoms with Gasteiger partial charge in [-0.2, -0.15) is 4.99 Å². The van der Waals surface area contributed by atoms with Crippen molar-refractivity contribution in [2.24, 2.45) is 4.99 Å². The first kappa shape index (κ1) is 20.5. The molecule has 2 aromatic carbocycles. The van der Waals surface area contributed by atoms with Crippen molar-refractivity contribution in [1.29, 1.82) is 0 Å². The van der Waals surface area contributed by atoms with Crippen molar-refractivity contribution in [1.82, 2.24) is 9.47 Å². The Morgan fingerprint density at radius 2 is 1.81 bits per heavy atom. The number of rotatable bonds is 7. The molecule has 0 N–H and O–H groups in total. The van der Waals surface area contributed by atoms with E-state index in [-0.39, 0.29) is 43.4 Å². The highest BCUT2D eigenvalue weighted by atomic mass is 19.1. The highest BCUT2D eigenvalue weighted by molar-refractivity contribution is 6.46. The zero-order valence-electron chi connectivity index (χ0n) is 16.9. The maximum atomic E-state index is 14.0. The van der Waals surface area contributed by atoms with Gasteiger partial charge in [-0.05, 0) is 24.6 Å². The molecule has 2 heterocycles. The van der Waals surface area contributed by atoms with Crippen molar-refractivity contribution < 1.29 is 23.5 Å². The van der Waals surface area contributed by atoms with Gasteiger partial charge in [0.15, 0.2) is 0 Å². The fourth-order valence-electron chi connectivity index (χ4n) is 3.64. The van der Waals surface area contributed by atoms with Crippen molar-refractivity contribution in [2.45, 2.75) is 26.4 Å². The Morgan fingerprint density at radius 1 is 1.06 bits per heavy atom. The Kier molecular flexibility index (Phi) is 5.62. The number of hydrogen-bond donors (Lipinski definition) is 0. The van der Waals surface area contributed by atoms with Crippen LogP contribution in [0, 0.1) is 5.82 Å². The molecule has 0 radical (unpaired) electrons.